The van der Waals surface area contributed by atoms with E-state index in [4.69, 9.17) is 40.2 Å². The Hall–Kier alpha value is -3.84. The number of pyridine rings is 1. The number of halogens is 2. The first-order valence-electron chi connectivity index (χ1n) is 12.9. The number of hydrogen-bond donors (Lipinski definition) is 1. The molecule has 40 heavy (non-hydrogen) atoms. The summed E-state index contributed by atoms with van der Waals surface area (Å²) in [6, 6.07) is 31.2. The average Bonchev–Trinajstić information content (AvgIpc) is 3.46. The van der Waals surface area contributed by atoms with E-state index >= 15 is 0 Å². The van der Waals surface area contributed by atoms with Crippen molar-refractivity contribution < 1.29 is 4.74 Å². The number of nitrogens with zero attached hydrogens (tertiary/aromatic N) is 3. The van der Waals surface area contributed by atoms with E-state index in [1.807, 2.05) is 91.1 Å². The molecule has 200 valence electrons. The molecule has 0 bridgehead atoms. The van der Waals surface area contributed by atoms with Crippen molar-refractivity contribution in [2.24, 2.45) is 0 Å². The summed E-state index contributed by atoms with van der Waals surface area (Å²) in [5, 5.41) is 5.21. The van der Waals surface area contributed by atoms with Gasteiger partial charge in [0.05, 0.1) is 33.5 Å². The smallest absolute Gasteiger partial charge is 0.174 e. The molecule has 3 aromatic carbocycles. The highest BCUT2D eigenvalue weighted by molar-refractivity contribution is 7.80. The molecular weight excluding hydrogens is 559 g/mol. The molecule has 2 atom stereocenters. The molecule has 0 unspecified atom stereocenters. The minimum Gasteiger partial charge on any atom is -0.457 e. The molecule has 5 nitrogen and oxygen atoms in total. The fourth-order valence-electron chi connectivity index (χ4n) is 5.37. The van der Waals surface area contributed by atoms with Crippen molar-refractivity contribution in [1.29, 1.82) is 0 Å². The van der Waals surface area contributed by atoms with E-state index in [1.165, 1.54) is 0 Å². The highest BCUT2D eigenvalue weighted by atomic mass is 35.5. The third kappa shape index (κ3) is 4.83. The van der Waals surface area contributed by atoms with Crippen molar-refractivity contribution in [3.05, 3.63) is 136 Å². The zero-order valence-electron chi connectivity index (χ0n) is 21.9. The third-order valence-corrected chi connectivity index (χ3v) is 8.28. The molecule has 1 aliphatic rings. The van der Waals surface area contributed by atoms with Crippen LogP contribution in [-0.4, -0.2) is 14.7 Å². The lowest BCUT2D eigenvalue weighted by Crippen LogP contribution is -2.29. The zero-order valence-corrected chi connectivity index (χ0v) is 24.2. The summed E-state index contributed by atoms with van der Waals surface area (Å²) in [6.07, 6.45) is 1.81. The topological polar surface area (TPSA) is 42.3 Å². The molecule has 0 saturated carbocycles. The van der Waals surface area contributed by atoms with Crippen molar-refractivity contribution in [1.82, 2.24) is 14.9 Å². The number of aryl methyl sites for hydroxylation is 1. The van der Waals surface area contributed by atoms with Gasteiger partial charge >= 0.3 is 0 Å². The molecule has 8 heteroatoms. The molecule has 3 heterocycles. The van der Waals surface area contributed by atoms with Crippen LogP contribution in [0, 0.1) is 13.8 Å². The van der Waals surface area contributed by atoms with Crippen molar-refractivity contribution >= 4 is 46.2 Å². The molecule has 1 N–H and O–H groups in total. The first-order valence-corrected chi connectivity index (χ1v) is 14.1. The van der Waals surface area contributed by atoms with E-state index in [-0.39, 0.29) is 12.1 Å². The van der Waals surface area contributed by atoms with Crippen LogP contribution in [0.5, 0.6) is 11.5 Å². The molecule has 0 amide bonds. The van der Waals surface area contributed by atoms with Crippen LogP contribution in [0.3, 0.4) is 0 Å². The summed E-state index contributed by atoms with van der Waals surface area (Å²) in [5.74, 6) is 1.54. The van der Waals surface area contributed by atoms with Crippen LogP contribution in [0.25, 0.3) is 5.69 Å². The SMILES string of the molecule is Cc1cc([C@@H]2[C@H](c3ccccn3)NC(=S)N2c2ccc(Oc3ccccc3)cc2)c(C)n1-c1cccc(Cl)c1Cl. The lowest BCUT2D eigenvalue weighted by molar-refractivity contribution is 0.482. The van der Waals surface area contributed by atoms with Gasteiger partial charge in [-0.15, -0.1) is 0 Å². The van der Waals surface area contributed by atoms with Crippen LogP contribution in [0.15, 0.2) is 103 Å². The van der Waals surface area contributed by atoms with Gasteiger partial charge in [0.2, 0.25) is 0 Å². The second kappa shape index (κ2) is 11.0. The Bertz CT molecular complexity index is 1670. The van der Waals surface area contributed by atoms with E-state index in [0.717, 1.165) is 45.5 Å². The minimum atomic E-state index is -0.169. The van der Waals surface area contributed by atoms with Crippen LogP contribution in [0.1, 0.15) is 34.7 Å². The maximum Gasteiger partial charge on any atom is 0.174 e. The molecule has 5 aromatic rings. The van der Waals surface area contributed by atoms with Gasteiger partial charge in [-0.05, 0) is 98.4 Å². The Balaban J connectivity index is 1.44. The highest BCUT2D eigenvalue weighted by Gasteiger charge is 2.42. The van der Waals surface area contributed by atoms with Crippen molar-refractivity contribution in [2.45, 2.75) is 25.9 Å². The summed E-state index contributed by atoms with van der Waals surface area (Å²) in [5.41, 5.74) is 5.90. The molecule has 1 aliphatic heterocycles. The predicted octanol–water partition coefficient (Wildman–Crippen LogP) is 8.77. The van der Waals surface area contributed by atoms with Crippen LogP contribution in [0.2, 0.25) is 10.0 Å². The Morgan fingerprint density at radius 3 is 2.30 bits per heavy atom. The van der Waals surface area contributed by atoms with Gasteiger partial charge in [-0.1, -0.05) is 53.5 Å². The number of nitrogens with one attached hydrogen (secondary N) is 1. The van der Waals surface area contributed by atoms with E-state index in [0.29, 0.717) is 15.2 Å². The molecule has 1 saturated heterocycles. The van der Waals surface area contributed by atoms with Crippen LogP contribution in [0.4, 0.5) is 5.69 Å². The largest absolute Gasteiger partial charge is 0.457 e. The second-order valence-electron chi connectivity index (χ2n) is 9.64. The fourth-order valence-corrected chi connectivity index (χ4v) is 6.10. The molecule has 1 fully saturated rings. The van der Waals surface area contributed by atoms with Crippen molar-refractivity contribution in [2.75, 3.05) is 4.90 Å². The number of anilines is 1. The van der Waals surface area contributed by atoms with E-state index in [1.54, 1.807) is 6.07 Å². The second-order valence-corrected chi connectivity index (χ2v) is 10.8. The molecule has 0 spiro atoms. The highest BCUT2D eigenvalue weighted by Crippen LogP contribution is 2.44. The van der Waals surface area contributed by atoms with Gasteiger partial charge in [0.25, 0.3) is 0 Å². The number of para-hydroxylation sites is 1. The Kier molecular flexibility index (Phi) is 7.24. The quantitative estimate of drug-likeness (QED) is 0.202. The molecule has 6 rings (SSSR count). The lowest BCUT2D eigenvalue weighted by Gasteiger charge is -2.28. The first-order chi connectivity index (χ1) is 19.4. The van der Waals surface area contributed by atoms with Gasteiger partial charge < -0.3 is 19.5 Å². The average molecular weight is 586 g/mol. The molecular formula is C32H26Cl2N4OS. The standard InChI is InChI=1S/C32H26Cl2N4OS/c1-20-19-25(21(2)37(20)28-13-8-11-26(33)29(28)34)31-30(27-12-6-7-18-35-27)36-32(40)38(31)22-14-16-24(17-15-22)39-23-9-4-3-5-10-23/h3-19,30-31H,1-2H3,(H,36,40)/t30-,31+/m0/s1. The Labute approximate surface area is 249 Å². The number of rotatable bonds is 6. The number of ether oxygens (including phenoxy) is 1. The Morgan fingerprint density at radius 1 is 0.850 bits per heavy atom. The number of thiocarbonyl (C=S) groups is 1. The normalized spacial score (nSPS) is 16.7. The van der Waals surface area contributed by atoms with Crippen LogP contribution >= 0.6 is 35.4 Å². The molecule has 0 radical (unpaired) electrons. The van der Waals surface area contributed by atoms with Crippen molar-refractivity contribution in [3.8, 4) is 17.2 Å². The summed E-state index contributed by atoms with van der Waals surface area (Å²) in [4.78, 5) is 6.85. The van der Waals surface area contributed by atoms with Gasteiger partial charge in [0.15, 0.2) is 5.11 Å². The number of hydrogen-bond acceptors (Lipinski definition) is 3. The maximum absolute atomic E-state index is 6.67. The van der Waals surface area contributed by atoms with Gasteiger partial charge in [-0.3, -0.25) is 4.98 Å². The van der Waals surface area contributed by atoms with E-state index in [2.05, 4.69) is 39.7 Å². The zero-order chi connectivity index (χ0) is 27.8. The lowest BCUT2D eigenvalue weighted by atomic mass is 9.96. The van der Waals surface area contributed by atoms with E-state index in [9.17, 15) is 0 Å². The predicted molar refractivity (Wildman–Crippen MR) is 166 cm³/mol. The minimum absolute atomic E-state index is 0.166. The summed E-state index contributed by atoms with van der Waals surface area (Å²) < 4.78 is 8.18. The molecule has 2 aromatic heterocycles. The van der Waals surface area contributed by atoms with Crippen LogP contribution in [-0.2, 0) is 0 Å². The Morgan fingerprint density at radius 2 is 1.57 bits per heavy atom. The summed E-state index contributed by atoms with van der Waals surface area (Å²) in [6.45, 7) is 4.18. The van der Waals surface area contributed by atoms with Gasteiger partial charge in [-0.25, -0.2) is 0 Å². The third-order valence-electron chi connectivity index (χ3n) is 7.15. The van der Waals surface area contributed by atoms with Gasteiger partial charge in [-0.2, -0.15) is 0 Å². The van der Waals surface area contributed by atoms with Gasteiger partial charge in [0, 0.05) is 23.3 Å². The summed E-state index contributed by atoms with van der Waals surface area (Å²) in [7, 11) is 0. The fraction of sp³-hybridized carbons (Fsp3) is 0.125. The van der Waals surface area contributed by atoms with E-state index < -0.39 is 0 Å². The maximum atomic E-state index is 6.67. The monoisotopic (exact) mass is 584 g/mol. The summed E-state index contributed by atoms with van der Waals surface area (Å²) >= 11 is 19.0. The number of aromatic nitrogens is 2. The van der Waals surface area contributed by atoms with Gasteiger partial charge in [0.1, 0.15) is 11.5 Å². The first kappa shape index (κ1) is 26.4. The number of benzene rings is 3. The van der Waals surface area contributed by atoms with Crippen LogP contribution < -0.4 is 15.0 Å². The molecule has 0 aliphatic carbocycles. The van der Waals surface area contributed by atoms with Crippen molar-refractivity contribution in [3.63, 3.8) is 0 Å².